The highest BCUT2D eigenvalue weighted by molar-refractivity contribution is 5.95. The first-order valence-corrected chi connectivity index (χ1v) is 15.7. The summed E-state index contributed by atoms with van der Waals surface area (Å²) >= 11 is 0. The molecule has 5 rings (SSSR count). The predicted octanol–water partition coefficient (Wildman–Crippen LogP) is 4.77. The van der Waals surface area contributed by atoms with E-state index in [2.05, 4.69) is 17.3 Å². The zero-order valence-corrected chi connectivity index (χ0v) is 27.1. The Morgan fingerprint density at radius 2 is 2.00 bits per heavy atom. The van der Waals surface area contributed by atoms with Crippen LogP contribution in [-0.4, -0.2) is 71.2 Å². The number of piperidine rings is 1. The third kappa shape index (κ3) is 6.14. The molecule has 0 spiro atoms. The fraction of sp³-hybridized carbons (Fsp3) is 0.529. The minimum atomic E-state index is -0.891. The lowest BCUT2D eigenvalue weighted by atomic mass is 9.84. The molecule has 2 atom stereocenters. The number of benzene rings is 1. The van der Waals surface area contributed by atoms with E-state index in [0.717, 1.165) is 19.4 Å². The maximum atomic E-state index is 15.2. The van der Waals surface area contributed by atoms with Crippen LogP contribution in [0, 0.1) is 24.1 Å². The number of nitrogens with zero attached hydrogens (tertiary/aromatic N) is 5. The number of hydrogen-bond acceptors (Lipinski definition) is 8. The highest BCUT2D eigenvalue weighted by Gasteiger charge is 2.41. The van der Waals surface area contributed by atoms with Crippen LogP contribution >= 0.6 is 0 Å². The van der Waals surface area contributed by atoms with E-state index in [0.29, 0.717) is 78.4 Å². The van der Waals surface area contributed by atoms with Crippen molar-refractivity contribution in [1.29, 1.82) is 5.26 Å². The van der Waals surface area contributed by atoms with E-state index in [-0.39, 0.29) is 23.1 Å². The van der Waals surface area contributed by atoms with Crippen molar-refractivity contribution < 1.29 is 18.7 Å². The molecule has 3 aromatic rings. The highest BCUT2D eigenvalue weighted by Crippen LogP contribution is 2.40. The molecule has 240 valence electrons. The molecule has 0 radical (unpaired) electrons. The number of hydrogen-bond donors (Lipinski definition) is 1. The van der Waals surface area contributed by atoms with E-state index in [1.165, 1.54) is 6.07 Å². The van der Waals surface area contributed by atoms with Crippen molar-refractivity contribution in [1.82, 2.24) is 19.4 Å². The Morgan fingerprint density at radius 1 is 1.27 bits per heavy atom. The SMILES string of the molecule is CCOC1(c2cc3c(N[C@H](C)c4cccc(C#N)c4F)nc(C)c(OC[C@H]4CCCN4C)c3n(C)c2=O)CCN(C(C)=O)CC1. The second kappa shape index (κ2) is 13.2. The summed E-state index contributed by atoms with van der Waals surface area (Å²) in [6, 6.07) is 8.21. The van der Waals surface area contributed by atoms with Gasteiger partial charge >= 0.3 is 0 Å². The number of aryl methyl sites for hydroxylation is 2. The number of ether oxygens (including phenoxy) is 2. The molecule has 2 aromatic heterocycles. The lowest BCUT2D eigenvalue weighted by molar-refractivity contribution is -0.136. The number of nitrogens with one attached hydrogen (secondary N) is 1. The lowest BCUT2D eigenvalue weighted by Gasteiger charge is -2.41. The Labute approximate surface area is 263 Å². The van der Waals surface area contributed by atoms with Gasteiger partial charge in [-0.1, -0.05) is 12.1 Å². The first-order chi connectivity index (χ1) is 21.5. The molecule has 4 heterocycles. The van der Waals surface area contributed by atoms with E-state index in [1.807, 2.05) is 32.9 Å². The number of amides is 1. The Kier molecular flexibility index (Phi) is 9.46. The summed E-state index contributed by atoms with van der Waals surface area (Å²) in [5.41, 5.74) is 0.884. The summed E-state index contributed by atoms with van der Waals surface area (Å²) in [5, 5.41) is 13.4. The molecule has 0 aliphatic carbocycles. The maximum Gasteiger partial charge on any atom is 0.257 e. The van der Waals surface area contributed by atoms with Gasteiger partial charge in [-0.25, -0.2) is 9.37 Å². The van der Waals surface area contributed by atoms with Gasteiger partial charge < -0.3 is 29.2 Å². The van der Waals surface area contributed by atoms with Crippen molar-refractivity contribution in [3.8, 4) is 11.8 Å². The summed E-state index contributed by atoms with van der Waals surface area (Å²) in [6.45, 7) is 9.93. The number of fused-ring (bicyclic) bond motifs is 1. The third-order valence-corrected chi connectivity index (χ3v) is 9.48. The van der Waals surface area contributed by atoms with Crippen LogP contribution in [0.3, 0.4) is 0 Å². The number of aromatic nitrogens is 2. The van der Waals surface area contributed by atoms with E-state index < -0.39 is 17.5 Å². The van der Waals surface area contributed by atoms with Gasteiger partial charge in [0.05, 0.1) is 28.4 Å². The fourth-order valence-electron chi connectivity index (χ4n) is 6.83. The molecule has 2 aliphatic heterocycles. The highest BCUT2D eigenvalue weighted by atomic mass is 19.1. The van der Waals surface area contributed by atoms with Crippen molar-refractivity contribution >= 4 is 22.6 Å². The van der Waals surface area contributed by atoms with Gasteiger partial charge in [0.25, 0.3) is 5.56 Å². The van der Waals surface area contributed by atoms with Crippen LogP contribution in [0.25, 0.3) is 10.9 Å². The number of carbonyl (C=O) groups excluding carboxylic acids is 1. The summed E-state index contributed by atoms with van der Waals surface area (Å²) in [4.78, 5) is 35.3. The molecule has 11 heteroatoms. The maximum absolute atomic E-state index is 15.2. The molecular weight excluding hydrogens is 575 g/mol. The Balaban J connectivity index is 1.66. The van der Waals surface area contributed by atoms with Crippen molar-refractivity contribution in [3.63, 3.8) is 0 Å². The van der Waals surface area contributed by atoms with Crippen LogP contribution in [0.4, 0.5) is 10.2 Å². The standard InChI is InChI=1S/C34H43FN6O4/c1-7-45-34(13-16-41(17-14-34)23(4)42)28-18-27-30(40(6)33(28)43)31(44-20-25-11-9-15-39(25)5)22(3)38-32(27)37-21(2)26-12-8-10-24(19-36)29(26)35/h8,10,12,18,21,25H,7,9,11,13-17,20H2,1-6H3,(H,37,38)/t21-,25-/m1/s1. The smallest absolute Gasteiger partial charge is 0.257 e. The molecule has 0 bridgehead atoms. The minimum Gasteiger partial charge on any atom is -0.488 e. The lowest BCUT2D eigenvalue weighted by Crippen LogP contribution is -2.48. The zero-order valence-electron chi connectivity index (χ0n) is 27.1. The van der Waals surface area contributed by atoms with Crippen LogP contribution in [0.1, 0.15) is 74.9 Å². The van der Waals surface area contributed by atoms with Gasteiger partial charge in [-0.05, 0) is 72.2 Å². The van der Waals surface area contributed by atoms with Gasteiger partial charge in [-0.15, -0.1) is 0 Å². The molecule has 2 fully saturated rings. The quantitative estimate of drug-likeness (QED) is 0.365. The van der Waals surface area contributed by atoms with E-state index in [1.54, 1.807) is 35.6 Å². The minimum absolute atomic E-state index is 0.00550. The first kappa shape index (κ1) is 32.4. The van der Waals surface area contributed by atoms with Gasteiger partial charge in [0.1, 0.15) is 29.9 Å². The second-order valence-corrected chi connectivity index (χ2v) is 12.3. The van der Waals surface area contributed by atoms with Crippen molar-refractivity contribution in [2.75, 3.05) is 45.2 Å². The number of likely N-dealkylation sites (tertiary alicyclic amines) is 2. The number of rotatable bonds is 9. The molecule has 2 saturated heterocycles. The molecule has 1 N–H and O–H groups in total. The Hall–Kier alpha value is -4.01. The van der Waals surface area contributed by atoms with Crippen molar-refractivity contribution in [3.05, 3.63) is 62.8 Å². The monoisotopic (exact) mass is 618 g/mol. The topological polar surface area (TPSA) is 113 Å². The Morgan fingerprint density at radius 3 is 2.62 bits per heavy atom. The molecule has 1 aromatic carbocycles. The summed E-state index contributed by atoms with van der Waals surface area (Å²) in [7, 11) is 3.82. The molecule has 2 aliphatic rings. The second-order valence-electron chi connectivity index (χ2n) is 12.3. The van der Waals surface area contributed by atoms with Gasteiger partial charge in [0, 0.05) is 50.7 Å². The average Bonchev–Trinajstić information content (AvgIpc) is 3.43. The number of likely N-dealkylation sites (N-methyl/N-ethyl adjacent to an activating group) is 1. The summed E-state index contributed by atoms with van der Waals surface area (Å²) in [6.07, 6.45) is 3.09. The van der Waals surface area contributed by atoms with E-state index in [9.17, 15) is 14.9 Å². The fourth-order valence-corrected chi connectivity index (χ4v) is 6.83. The number of nitriles is 1. The van der Waals surface area contributed by atoms with Gasteiger partial charge in [0.2, 0.25) is 5.91 Å². The van der Waals surface area contributed by atoms with E-state index in [4.69, 9.17) is 14.5 Å². The summed E-state index contributed by atoms with van der Waals surface area (Å²) in [5.74, 6) is 0.410. The molecule has 1 amide bonds. The number of carbonyl (C=O) groups is 1. The largest absolute Gasteiger partial charge is 0.488 e. The normalized spacial score (nSPS) is 19.0. The van der Waals surface area contributed by atoms with Crippen LogP contribution < -0.4 is 15.6 Å². The van der Waals surface area contributed by atoms with Crippen LogP contribution in [0.15, 0.2) is 29.1 Å². The predicted molar refractivity (Wildman–Crippen MR) is 171 cm³/mol. The van der Waals surface area contributed by atoms with Crippen LogP contribution in [-0.2, 0) is 22.2 Å². The van der Waals surface area contributed by atoms with Gasteiger partial charge in [0.15, 0.2) is 5.75 Å². The van der Waals surface area contributed by atoms with Gasteiger partial charge in [-0.2, -0.15) is 5.26 Å². The average molecular weight is 619 g/mol. The van der Waals surface area contributed by atoms with Gasteiger partial charge in [-0.3, -0.25) is 9.59 Å². The summed E-state index contributed by atoms with van der Waals surface area (Å²) < 4.78 is 29.7. The number of anilines is 1. The van der Waals surface area contributed by atoms with Crippen molar-refractivity contribution in [2.24, 2.45) is 7.05 Å². The number of halogens is 1. The number of pyridine rings is 2. The van der Waals surface area contributed by atoms with Crippen LogP contribution in [0.5, 0.6) is 5.75 Å². The molecule has 0 unspecified atom stereocenters. The third-order valence-electron chi connectivity index (χ3n) is 9.48. The Bertz CT molecular complexity index is 1690. The molecule has 0 saturated carbocycles. The van der Waals surface area contributed by atoms with Crippen molar-refractivity contribution in [2.45, 2.75) is 71.1 Å². The first-order valence-electron chi connectivity index (χ1n) is 15.7. The molecular formula is C34H43FN6O4. The zero-order chi connectivity index (χ0) is 32.5. The molecule has 10 nitrogen and oxygen atoms in total. The van der Waals surface area contributed by atoms with Crippen LogP contribution in [0.2, 0.25) is 0 Å². The molecule has 45 heavy (non-hydrogen) atoms. The van der Waals surface area contributed by atoms with E-state index >= 15 is 4.39 Å².